The van der Waals surface area contributed by atoms with E-state index in [0.717, 1.165) is 18.5 Å². The van der Waals surface area contributed by atoms with Crippen molar-refractivity contribution in [3.05, 3.63) is 30.0 Å². The maximum absolute atomic E-state index is 9.04. The molecule has 1 aliphatic rings. The lowest BCUT2D eigenvalue weighted by Gasteiger charge is -2.34. The quantitative estimate of drug-likeness (QED) is 0.836. The molecule has 3 rings (SSSR count). The number of benzene rings is 1. The normalized spacial score (nSPS) is 24.6. The minimum atomic E-state index is 0.314. The number of para-hydroxylation sites is 1. The van der Waals surface area contributed by atoms with Crippen molar-refractivity contribution in [2.24, 2.45) is 5.92 Å². The van der Waals surface area contributed by atoms with Crippen molar-refractivity contribution in [1.29, 1.82) is 0 Å². The summed E-state index contributed by atoms with van der Waals surface area (Å²) in [5, 5.41) is 14.9. The van der Waals surface area contributed by atoms with Crippen molar-refractivity contribution in [2.75, 3.05) is 6.61 Å². The molecule has 1 fully saturated rings. The van der Waals surface area contributed by atoms with Crippen LogP contribution in [0.3, 0.4) is 0 Å². The predicted molar refractivity (Wildman–Crippen MR) is 63.3 cm³/mol. The van der Waals surface area contributed by atoms with Gasteiger partial charge in [-0.05, 0) is 31.7 Å². The molecule has 0 radical (unpaired) electrons. The van der Waals surface area contributed by atoms with E-state index in [1.165, 1.54) is 10.9 Å². The third kappa shape index (κ3) is 1.35. The minimum absolute atomic E-state index is 0.314. The summed E-state index contributed by atoms with van der Waals surface area (Å²) in [6.07, 6.45) is 2.11. The van der Waals surface area contributed by atoms with E-state index in [1.807, 2.05) is 0 Å². The summed E-state index contributed by atoms with van der Waals surface area (Å²) >= 11 is 0. The number of aliphatic hydroxyl groups is 1. The molecule has 0 bridgehead atoms. The van der Waals surface area contributed by atoms with Crippen molar-refractivity contribution in [3.8, 4) is 0 Å². The fourth-order valence-corrected chi connectivity index (χ4v) is 2.58. The van der Waals surface area contributed by atoms with Gasteiger partial charge in [-0.3, -0.25) is 4.68 Å². The Kier molecular flexibility index (Phi) is 2.21. The molecule has 2 aromatic rings. The van der Waals surface area contributed by atoms with Crippen LogP contribution in [-0.2, 0) is 0 Å². The van der Waals surface area contributed by atoms with Gasteiger partial charge in [0.1, 0.15) is 0 Å². The Balaban J connectivity index is 1.99. The van der Waals surface area contributed by atoms with Crippen LogP contribution in [0, 0.1) is 12.8 Å². The first-order valence-corrected chi connectivity index (χ1v) is 5.84. The van der Waals surface area contributed by atoms with Crippen LogP contribution >= 0.6 is 0 Å². The maximum atomic E-state index is 9.04. The highest BCUT2D eigenvalue weighted by molar-refractivity contribution is 5.81. The van der Waals surface area contributed by atoms with Gasteiger partial charge in [-0.2, -0.15) is 5.10 Å². The average Bonchev–Trinajstić information content (AvgIpc) is 2.56. The van der Waals surface area contributed by atoms with E-state index < -0.39 is 0 Å². The van der Waals surface area contributed by atoms with Crippen LogP contribution in [0.15, 0.2) is 24.3 Å². The van der Waals surface area contributed by atoms with Gasteiger partial charge in [-0.25, -0.2) is 0 Å². The summed E-state index contributed by atoms with van der Waals surface area (Å²) in [4.78, 5) is 0. The largest absolute Gasteiger partial charge is 0.396 e. The van der Waals surface area contributed by atoms with Crippen molar-refractivity contribution >= 4 is 10.9 Å². The molecule has 3 nitrogen and oxygen atoms in total. The third-order valence-electron chi connectivity index (χ3n) is 3.61. The van der Waals surface area contributed by atoms with Crippen LogP contribution in [0.2, 0.25) is 0 Å². The molecule has 0 unspecified atom stereocenters. The Morgan fingerprint density at radius 1 is 1.38 bits per heavy atom. The molecule has 0 spiro atoms. The highest BCUT2D eigenvalue weighted by atomic mass is 16.3. The van der Waals surface area contributed by atoms with Crippen LogP contribution in [0.25, 0.3) is 10.9 Å². The fourth-order valence-electron chi connectivity index (χ4n) is 2.58. The molecule has 1 aliphatic carbocycles. The molecule has 0 aliphatic heterocycles. The fraction of sp³-hybridized carbons (Fsp3) is 0.462. The summed E-state index contributed by atoms with van der Waals surface area (Å²) in [7, 11) is 0. The standard InChI is InChI=1S/C13H16N2O/c1-9-12-4-2-3-5-13(12)15(14-9)11-6-10(7-11)8-16/h2-5,10-11,16H,6-8H2,1H3. The number of fused-ring (bicyclic) bond motifs is 1. The molecular formula is C13H16N2O. The van der Waals surface area contributed by atoms with E-state index in [0.29, 0.717) is 18.6 Å². The number of hydrogen-bond donors (Lipinski definition) is 1. The number of aryl methyl sites for hydroxylation is 1. The average molecular weight is 216 g/mol. The van der Waals surface area contributed by atoms with Gasteiger partial charge < -0.3 is 5.11 Å². The number of aliphatic hydroxyl groups excluding tert-OH is 1. The van der Waals surface area contributed by atoms with E-state index in [9.17, 15) is 0 Å². The Morgan fingerprint density at radius 2 is 2.12 bits per heavy atom. The number of hydrogen-bond acceptors (Lipinski definition) is 2. The Bertz CT molecular complexity index is 512. The van der Waals surface area contributed by atoms with Gasteiger partial charge in [0.15, 0.2) is 0 Å². The summed E-state index contributed by atoms with van der Waals surface area (Å²) in [5.74, 6) is 0.480. The second-order valence-corrected chi connectivity index (χ2v) is 4.72. The zero-order valence-corrected chi connectivity index (χ0v) is 9.43. The van der Waals surface area contributed by atoms with Gasteiger partial charge in [-0.15, -0.1) is 0 Å². The lowest BCUT2D eigenvalue weighted by atomic mass is 9.81. The summed E-state index contributed by atoms with van der Waals surface area (Å²) in [6, 6.07) is 8.84. The first-order valence-electron chi connectivity index (χ1n) is 5.84. The predicted octanol–water partition coefficient (Wildman–Crippen LogP) is 2.29. The second-order valence-electron chi connectivity index (χ2n) is 4.72. The smallest absolute Gasteiger partial charge is 0.0688 e. The highest BCUT2D eigenvalue weighted by Gasteiger charge is 2.31. The van der Waals surface area contributed by atoms with Gasteiger partial charge in [0, 0.05) is 12.0 Å². The molecule has 84 valence electrons. The Hall–Kier alpha value is -1.35. The molecule has 1 heterocycles. The second kappa shape index (κ2) is 3.59. The summed E-state index contributed by atoms with van der Waals surface area (Å²) < 4.78 is 2.14. The van der Waals surface area contributed by atoms with Gasteiger partial charge in [-0.1, -0.05) is 18.2 Å². The monoisotopic (exact) mass is 216 g/mol. The van der Waals surface area contributed by atoms with E-state index in [1.54, 1.807) is 0 Å². The van der Waals surface area contributed by atoms with Crippen LogP contribution in [-0.4, -0.2) is 21.5 Å². The Labute approximate surface area is 94.7 Å². The zero-order chi connectivity index (χ0) is 11.1. The van der Waals surface area contributed by atoms with E-state index in [2.05, 4.69) is 41.0 Å². The molecule has 0 saturated heterocycles. The molecule has 0 atom stereocenters. The molecule has 1 aromatic heterocycles. The number of rotatable bonds is 2. The molecule has 1 saturated carbocycles. The van der Waals surface area contributed by atoms with Crippen molar-refractivity contribution < 1.29 is 5.11 Å². The van der Waals surface area contributed by atoms with Gasteiger partial charge >= 0.3 is 0 Å². The van der Waals surface area contributed by atoms with Crippen molar-refractivity contribution in [1.82, 2.24) is 9.78 Å². The third-order valence-corrected chi connectivity index (χ3v) is 3.61. The molecule has 0 amide bonds. The molecule has 16 heavy (non-hydrogen) atoms. The van der Waals surface area contributed by atoms with Gasteiger partial charge in [0.2, 0.25) is 0 Å². The van der Waals surface area contributed by atoms with Crippen molar-refractivity contribution in [3.63, 3.8) is 0 Å². The van der Waals surface area contributed by atoms with Crippen LogP contribution in [0.1, 0.15) is 24.6 Å². The SMILES string of the molecule is Cc1nn(C2CC(CO)C2)c2ccccc12. The summed E-state index contributed by atoms with van der Waals surface area (Å²) in [6.45, 7) is 2.37. The van der Waals surface area contributed by atoms with Crippen molar-refractivity contribution in [2.45, 2.75) is 25.8 Å². The lowest BCUT2D eigenvalue weighted by molar-refractivity contribution is 0.108. The van der Waals surface area contributed by atoms with E-state index in [4.69, 9.17) is 5.11 Å². The first-order chi connectivity index (χ1) is 7.79. The van der Waals surface area contributed by atoms with E-state index in [-0.39, 0.29) is 0 Å². The molecule has 3 heteroatoms. The van der Waals surface area contributed by atoms with Crippen LogP contribution < -0.4 is 0 Å². The maximum Gasteiger partial charge on any atom is 0.0688 e. The van der Waals surface area contributed by atoms with Gasteiger partial charge in [0.05, 0.1) is 17.3 Å². The van der Waals surface area contributed by atoms with E-state index >= 15 is 0 Å². The number of nitrogens with zero attached hydrogens (tertiary/aromatic N) is 2. The molecule has 1 N–H and O–H groups in total. The minimum Gasteiger partial charge on any atom is -0.396 e. The number of aromatic nitrogens is 2. The molecular weight excluding hydrogens is 200 g/mol. The van der Waals surface area contributed by atoms with Gasteiger partial charge in [0.25, 0.3) is 0 Å². The highest BCUT2D eigenvalue weighted by Crippen LogP contribution is 2.38. The summed E-state index contributed by atoms with van der Waals surface area (Å²) in [5.41, 5.74) is 2.32. The topological polar surface area (TPSA) is 38.0 Å². The van der Waals surface area contributed by atoms with Crippen LogP contribution in [0.5, 0.6) is 0 Å². The first kappa shape index (κ1) is 9.85. The Morgan fingerprint density at radius 3 is 2.88 bits per heavy atom. The zero-order valence-electron chi connectivity index (χ0n) is 9.43. The molecule has 1 aromatic carbocycles. The van der Waals surface area contributed by atoms with Crippen LogP contribution in [0.4, 0.5) is 0 Å². The lowest BCUT2D eigenvalue weighted by Crippen LogP contribution is -2.29.